The SMILES string of the molecule is N#C/C(=C(\N)CS(=O)(=O)c1ccccc1)S(=O)(=O)c1ccccc1. The number of benzene rings is 2. The van der Waals surface area contributed by atoms with E-state index in [1.54, 1.807) is 24.3 Å². The van der Waals surface area contributed by atoms with Crippen molar-refractivity contribution in [3.05, 3.63) is 71.3 Å². The molecule has 2 N–H and O–H groups in total. The Kier molecular flexibility index (Phi) is 5.07. The van der Waals surface area contributed by atoms with Crippen molar-refractivity contribution < 1.29 is 16.8 Å². The monoisotopic (exact) mass is 362 g/mol. The summed E-state index contributed by atoms with van der Waals surface area (Å²) in [5.41, 5.74) is 5.17. The Hall–Kier alpha value is -2.63. The Bertz CT molecular complexity index is 1000. The summed E-state index contributed by atoms with van der Waals surface area (Å²) in [4.78, 5) is -0.878. The Morgan fingerprint density at radius 1 is 0.875 bits per heavy atom. The molecular weight excluding hydrogens is 348 g/mol. The van der Waals surface area contributed by atoms with Crippen LogP contribution < -0.4 is 5.73 Å². The van der Waals surface area contributed by atoms with Crippen LogP contribution >= 0.6 is 0 Å². The van der Waals surface area contributed by atoms with Crippen LogP contribution in [0, 0.1) is 11.3 Å². The zero-order valence-electron chi connectivity index (χ0n) is 12.5. The molecule has 0 heterocycles. The standard InChI is InChI=1S/C16H14N2O4S2/c17-11-16(24(21,22)14-9-5-2-6-10-14)15(18)12-23(19,20)13-7-3-1-4-8-13/h1-10H,12,18H2/b16-15+. The Balaban J connectivity index is 2.48. The number of hydrogen-bond donors (Lipinski definition) is 1. The molecule has 0 fully saturated rings. The second-order valence-corrected chi connectivity index (χ2v) is 8.73. The highest BCUT2D eigenvalue weighted by atomic mass is 32.2. The first-order valence-corrected chi connectivity index (χ1v) is 9.89. The van der Waals surface area contributed by atoms with Gasteiger partial charge in [0.1, 0.15) is 6.07 Å². The lowest BCUT2D eigenvalue weighted by molar-refractivity contribution is 0.598. The summed E-state index contributed by atoms with van der Waals surface area (Å²) in [6.45, 7) is 0. The summed E-state index contributed by atoms with van der Waals surface area (Å²) in [7, 11) is -8.03. The van der Waals surface area contributed by atoms with Gasteiger partial charge in [0.15, 0.2) is 14.7 Å². The maximum Gasteiger partial charge on any atom is 0.218 e. The van der Waals surface area contributed by atoms with Gasteiger partial charge in [-0.2, -0.15) is 5.26 Å². The lowest BCUT2D eigenvalue weighted by Gasteiger charge is -2.08. The fourth-order valence-corrected chi connectivity index (χ4v) is 4.68. The normalized spacial score (nSPS) is 13.0. The van der Waals surface area contributed by atoms with Crippen molar-refractivity contribution >= 4 is 19.7 Å². The summed E-state index contributed by atoms with van der Waals surface area (Å²) < 4.78 is 49.6. The van der Waals surface area contributed by atoms with E-state index in [1.165, 1.54) is 42.5 Å². The molecule has 2 aromatic carbocycles. The quantitative estimate of drug-likeness (QED) is 0.808. The van der Waals surface area contributed by atoms with E-state index in [9.17, 15) is 22.1 Å². The van der Waals surface area contributed by atoms with Crippen molar-refractivity contribution in [2.24, 2.45) is 5.73 Å². The largest absolute Gasteiger partial charge is 0.400 e. The summed E-state index contributed by atoms with van der Waals surface area (Å²) in [5.74, 6) is -0.758. The molecule has 6 nitrogen and oxygen atoms in total. The summed E-state index contributed by atoms with van der Waals surface area (Å²) in [6.07, 6.45) is 0. The van der Waals surface area contributed by atoms with Crippen LogP contribution in [0.15, 0.2) is 81.1 Å². The minimum Gasteiger partial charge on any atom is -0.400 e. The predicted molar refractivity (Wildman–Crippen MR) is 88.9 cm³/mol. The van der Waals surface area contributed by atoms with Crippen molar-refractivity contribution in [1.29, 1.82) is 5.26 Å². The maximum absolute atomic E-state index is 12.5. The Labute approximate surface area is 140 Å². The Morgan fingerprint density at radius 2 is 1.33 bits per heavy atom. The zero-order chi connectivity index (χ0) is 17.8. The van der Waals surface area contributed by atoms with Crippen LogP contribution in [0.3, 0.4) is 0 Å². The van der Waals surface area contributed by atoms with E-state index in [0.29, 0.717) is 0 Å². The molecule has 124 valence electrons. The average Bonchev–Trinajstić information content (AvgIpc) is 2.56. The van der Waals surface area contributed by atoms with Crippen molar-refractivity contribution in [3.63, 3.8) is 0 Å². The van der Waals surface area contributed by atoms with Crippen molar-refractivity contribution in [2.45, 2.75) is 9.79 Å². The van der Waals surface area contributed by atoms with E-state index >= 15 is 0 Å². The minimum absolute atomic E-state index is 0.00217. The second-order valence-electron chi connectivity index (χ2n) is 4.85. The first-order chi connectivity index (χ1) is 11.3. The molecule has 0 aliphatic carbocycles. The number of sulfone groups is 2. The van der Waals surface area contributed by atoms with Crippen LogP contribution in [0.25, 0.3) is 0 Å². The summed E-state index contributed by atoms with van der Waals surface area (Å²) in [6, 6.07) is 16.2. The van der Waals surface area contributed by atoms with Gasteiger partial charge >= 0.3 is 0 Å². The highest BCUT2D eigenvalue weighted by Crippen LogP contribution is 2.21. The molecule has 8 heteroatoms. The predicted octanol–water partition coefficient (Wildman–Crippen LogP) is 1.63. The summed E-state index contributed by atoms with van der Waals surface area (Å²) >= 11 is 0. The molecule has 0 aromatic heterocycles. The third kappa shape index (κ3) is 3.64. The van der Waals surface area contributed by atoms with Crippen molar-refractivity contribution in [3.8, 4) is 6.07 Å². The number of hydrogen-bond acceptors (Lipinski definition) is 6. The van der Waals surface area contributed by atoms with Crippen LogP contribution in [0.1, 0.15) is 0 Å². The molecular formula is C16H14N2O4S2. The first kappa shape index (κ1) is 17.7. The maximum atomic E-state index is 12.5. The highest BCUT2D eigenvalue weighted by molar-refractivity contribution is 7.95. The van der Waals surface area contributed by atoms with Crippen LogP contribution in [0.4, 0.5) is 0 Å². The van der Waals surface area contributed by atoms with Gasteiger partial charge in [-0.3, -0.25) is 0 Å². The molecule has 0 unspecified atom stereocenters. The van der Waals surface area contributed by atoms with E-state index in [1.807, 2.05) is 0 Å². The van der Waals surface area contributed by atoms with E-state index in [0.717, 1.165) is 0 Å². The molecule has 0 aliphatic rings. The smallest absolute Gasteiger partial charge is 0.218 e. The van der Waals surface area contributed by atoms with Crippen LogP contribution in [-0.4, -0.2) is 22.6 Å². The number of rotatable bonds is 5. The van der Waals surface area contributed by atoms with Gasteiger partial charge in [0.25, 0.3) is 0 Å². The van der Waals surface area contributed by atoms with Crippen molar-refractivity contribution in [2.75, 3.05) is 5.75 Å². The second kappa shape index (κ2) is 6.86. The fourth-order valence-electron chi connectivity index (χ4n) is 2.00. The van der Waals surface area contributed by atoms with Gasteiger partial charge < -0.3 is 5.73 Å². The molecule has 0 aliphatic heterocycles. The minimum atomic E-state index is -4.18. The third-order valence-electron chi connectivity index (χ3n) is 3.16. The van der Waals surface area contributed by atoms with Crippen LogP contribution in [0.2, 0.25) is 0 Å². The molecule has 0 saturated heterocycles. The van der Waals surface area contributed by atoms with E-state index in [2.05, 4.69) is 0 Å². The molecule has 2 rings (SSSR count). The zero-order valence-corrected chi connectivity index (χ0v) is 14.1. The molecule has 0 saturated carbocycles. The summed E-state index contributed by atoms with van der Waals surface area (Å²) in [5, 5.41) is 9.20. The third-order valence-corrected chi connectivity index (χ3v) is 6.63. The molecule has 0 bridgehead atoms. The molecule has 0 amide bonds. The lowest BCUT2D eigenvalue weighted by atomic mass is 10.4. The molecule has 0 atom stereocenters. The van der Waals surface area contributed by atoms with E-state index < -0.39 is 36.0 Å². The Morgan fingerprint density at radius 3 is 1.79 bits per heavy atom. The van der Waals surface area contributed by atoms with Gasteiger partial charge in [-0.25, -0.2) is 16.8 Å². The van der Waals surface area contributed by atoms with Gasteiger partial charge in [0.05, 0.1) is 21.2 Å². The molecule has 24 heavy (non-hydrogen) atoms. The lowest BCUT2D eigenvalue weighted by Crippen LogP contribution is -2.19. The van der Waals surface area contributed by atoms with Crippen LogP contribution in [-0.2, 0) is 19.7 Å². The molecule has 0 radical (unpaired) electrons. The number of allylic oxidation sites excluding steroid dienone is 1. The van der Waals surface area contributed by atoms with Gasteiger partial charge in [-0.05, 0) is 24.3 Å². The molecule has 2 aromatic rings. The average molecular weight is 362 g/mol. The molecule has 0 spiro atoms. The first-order valence-electron chi connectivity index (χ1n) is 6.75. The fraction of sp³-hybridized carbons (Fsp3) is 0.0625. The van der Waals surface area contributed by atoms with E-state index in [-0.39, 0.29) is 9.79 Å². The number of nitrogens with two attached hydrogens (primary N) is 1. The van der Waals surface area contributed by atoms with Gasteiger partial charge in [-0.15, -0.1) is 0 Å². The van der Waals surface area contributed by atoms with Crippen LogP contribution in [0.5, 0.6) is 0 Å². The van der Waals surface area contributed by atoms with Crippen molar-refractivity contribution in [1.82, 2.24) is 0 Å². The van der Waals surface area contributed by atoms with Gasteiger partial charge in [-0.1, -0.05) is 36.4 Å². The number of nitrogens with zero attached hydrogens (tertiary/aromatic N) is 1. The van der Waals surface area contributed by atoms with Gasteiger partial charge in [0.2, 0.25) is 9.84 Å². The highest BCUT2D eigenvalue weighted by Gasteiger charge is 2.26. The topological polar surface area (TPSA) is 118 Å². The van der Waals surface area contributed by atoms with Gasteiger partial charge in [0, 0.05) is 0 Å². The van der Waals surface area contributed by atoms with E-state index in [4.69, 9.17) is 5.73 Å². The number of nitriles is 1.